The summed E-state index contributed by atoms with van der Waals surface area (Å²) in [4.78, 5) is 26.5. The number of hydrogen-bond donors (Lipinski definition) is 1. The number of primary sulfonamides is 1. The number of allylic oxidation sites excluding steroid dienone is 2. The van der Waals surface area contributed by atoms with E-state index in [1.165, 1.54) is 17.0 Å². The molecule has 1 heterocycles. The fourth-order valence-corrected chi connectivity index (χ4v) is 4.60. The van der Waals surface area contributed by atoms with Crippen LogP contribution in [0.2, 0.25) is 0 Å². The molecule has 2 fully saturated rings. The second-order valence-corrected chi connectivity index (χ2v) is 8.01. The van der Waals surface area contributed by atoms with Crippen molar-refractivity contribution in [2.75, 3.05) is 0 Å². The Morgan fingerprint density at radius 2 is 1.52 bits per heavy atom. The number of carbonyl (C=O) groups is 2. The number of rotatable bonds is 3. The van der Waals surface area contributed by atoms with Gasteiger partial charge in [-0.1, -0.05) is 24.3 Å². The maximum atomic E-state index is 12.6. The maximum Gasteiger partial charge on any atom is 0.238 e. The van der Waals surface area contributed by atoms with Crippen molar-refractivity contribution in [3.05, 3.63) is 42.0 Å². The summed E-state index contributed by atoms with van der Waals surface area (Å²) in [6.45, 7) is 0.176. The molecule has 0 radical (unpaired) electrons. The minimum absolute atomic E-state index is 0.0134. The summed E-state index contributed by atoms with van der Waals surface area (Å²) in [5, 5.41) is 5.06. The van der Waals surface area contributed by atoms with Gasteiger partial charge >= 0.3 is 0 Å². The highest BCUT2D eigenvalue weighted by Crippen LogP contribution is 2.52. The molecule has 7 heteroatoms. The van der Waals surface area contributed by atoms with E-state index >= 15 is 0 Å². The number of nitrogens with two attached hydrogens (primary N) is 1. The molecule has 1 aromatic rings. The minimum Gasteiger partial charge on any atom is -0.278 e. The molecule has 1 aliphatic heterocycles. The summed E-state index contributed by atoms with van der Waals surface area (Å²) in [6, 6.07) is 5.95. The van der Waals surface area contributed by atoms with Crippen LogP contribution in [0.1, 0.15) is 12.0 Å². The molecule has 2 aliphatic carbocycles. The Kier molecular flexibility index (Phi) is 3.01. The van der Waals surface area contributed by atoms with E-state index in [1.54, 1.807) is 12.1 Å². The van der Waals surface area contributed by atoms with Crippen molar-refractivity contribution in [3.63, 3.8) is 0 Å². The Bertz CT molecular complexity index is 798. The van der Waals surface area contributed by atoms with Crippen LogP contribution in [0, 0.1) is 23.7 Å². The Morgan fingerprint density at radius 1 is 1.00 bits per heavy atom. The molecule has 1 saturated heterocycles. The van der Waals surface area contributed by atoms with Crippen LogP contribution in [0.15, 0.2) is 41.3 Å². The van der Waals surface area contributed by atoms with Crippen molar-refractivity contribution in [1.82, 2.24) is 4.90 Å². The third-order valence-electron chi connectivity index (χ3n) is 5.15. The highest BCUT2D eigenvalue weighted by Gasteiger charge is 2.59. The molecule has 2 N–H and O–H groups in total. The van der Waals surface area contributed by atoms with E-state index in [2.05, 4.69) is 12.2 Å². The lowest BCUT2D eigenvalue weighted by molar-refractivity contribution is -0.141. The number of sulfonamides is 1. The van der Waals surface area contributed by atoms with E-state index in [0.717, 1.165) is 6.42 Å². The van der Waals surface area contributed by atoms with E-state index in [9.17, 15) is 18.0 Å². The lowest BCUT2D eigenvalue weighted by atomic mass is 9.85. The van der Waals surface area contributed by atoms with E-state index < -0.39 is 10.0 Å². The largest absolute Gasteiger partial charge is 0.278 e. The number of amides is 2. The summed E-state index contributed by atoms with van der Waals surface area (Å²) < 4.78 is 22.5. The minimum atomic E-state index is -3.74. The third kappa shape index (κ3) is 2.14. The molecular weight excluding hydrogens is 316 g/mol. The van der Waals surface area contributed by atoms with E-state index in [4.69, 9.17) is 5.14 Å². The van der Waals surface area contributed by atoms with Gasteiger partial charge in [0.15, 0.2) is 0 Å². The Morgan fingerprint density at radius 3 is 2.00 bits per heavy atom. The highest BCUT2D eigenvalue weighted by molar-refractivity contribution is 7.89. The number of imide groups is 1. The van der Waals surface area contributed by atoms with Gasteiger partial charge in [0.25, 0.3) is 0 Å². The zero-order chi connectivity index (χ0) is 16.4. The molecule has 1 aromatic carbocycles. The zero-order valence-electron chi connectivity index (χ0n) is 12.3. The highest BCUT2D eigenvalue weighted by atomic mass is 32.2. The normalized spacial score (nSPS) is 32.0. The predicted octanol–water partition coefficient (Wildman–Crippen LogP) is 0.641. The van der Waals surface area contributed by atoms with E-state index in [-0.39, 0.29) is 46.9 Å². The van der Waals surface area contributed by atoms with Crippen molar-refractivity contribution in [1.29, 1.82) is 0 Å². The first-order valence-corrected chi connectivity index (χ1v) is 9.06. The van der Waals surface area contributed by atoms with Gasteiger partial charge in [0, 0.05) is 0 Å². The number of carbonyl (C=O) groups excluding carboxylic acids is 2. The van der Waals surface area contributed by atoms with Gasteiger partial charge in [0.2, 0.25) is 21.8 Å². The van der Waals surface area contributed by atoms with Crippen LogP contribution in [0.25, 0.3) is 0 Å². The molecule has 4 rings (SSSR count). The fourth-order valence-electron chi connectivity index (χ4n) is 4.09. The van der Waals surface area contributed by atoms with Gasteiger partial charge in [-0.3, -0.25) is 14.5 Å². The Labute approximate surface area is 134 Å². The Balaban J connectivity index is 1.56. The molecule has 6 nitrogen and oxygen atoms in total. The van der Waals surface area contributed by atoms with Crippen molar-refractivity contribution in [2.24, 2.45) is 28.8 Å². The number of benzene rings is 1. The van der Waals surface area contributed by atoms with Crippen LogP contribution in [-0.4, -0.2) is 25.1 Å². The van der Waals surface area contributed by atoms with Crippen LogP contribution in [0.4, 0.5) is 0 Å². The molecule has 23 heavy (non-hydrogen) atoms. The van der Waals surface area contributed by atoms with Crippen molar-refractivity contribution >= 4 is 21.8 Å². The van der Waals surface area contributed by atoms with Gasteiger partial charge in [0.1, 0.15) is 0 Å². The fraction of sp³-hybridized carbons (Fsp3) is 0.375. The Hall–Kier alpha value is -1.99. The molecule has 0 aromatic heterocycles. The van der Waals surface area contributed by atoms with Crippen LogP contribution < -0.4 is 5.14 Å². The van der Waals surface area contributed by atoms with Gasteiger partial charge in [-0.2, -0.15) is 0 Å². The van der Waals surface area contributed by atoms with Gasteiger partial charge in [-0.15, -0.1) is 0 Å². The van der Waals surface area contributed by atoms with Crippen molar-refractivity contribution in [2.45, 2.75) is 17.9 Å². The number of fused-ring (bicyclic) bond motifs is 5. The number of hydrogen-bond acceptors (Lipinski definition) is 4. The van der Waals surface area contributed by atoms with Gasteiger partial charge in [0.05, 0.1) is 23.3 Å². The first-order valence-electron chi connectivity index (χ1n) is 7.51. The number of likely N-dealkylation sites (tertiary alicyclic amines) is 1. The molecule has 3 aliphatic rings. The molecule has 4 atom stereocenters. The molecule has 0 unspecified atom stereocenters. The zero-order valence-corrected chi connectivity index (χ0v) is 13.1. The SMILES string of the molecule is NS(=O)(=O)c1ccc(CN2C(=O)[C@@H]3[C@H](C2=O)[C@@H]2C=C[C@H]3C2)cc1. The topological polar surface area (TPSA) is 97.5 Å². The standard InChI is InChI=1S/C16H16N2O4S/c17-23(21,22)12-5-1-9(2-6-12)8-18-15(19)13-10-3-4-11(7-10)14(13)16(18)20/h1-6,10-11,13-14H,7-8H2,(H2,17,21,22)/t10-,11+,13-,14+. The lowest BCUT2D eigenvalue weighted by Gasteiger charge is -2.17. The molecule has 2 amide bonds. The average Bonchev–Trinajstić information content (AvgIpc) is 3.17. The molecule has 2 bridgehead atoms. The smallest absolute Gasteiger partial charge is 0.238 e. The van der Waals surface area contributed by atoms with Crippen molar-refractivity contribution in [3.8, 4) is 0 Å². The van der Waals surface area contributed by atoms with Gasteiger partial charge in [-0.05, 0) is 36.0 Å². The summed E-state index contributed by atoms with van der Waals surface area (Å²) in [6.07, 6.45) is 5.02. The van der Waals surface area contributed by atoms with E-state index in [1.807, 2.05) is 0 Å². The summed E-state index contributed by atoms with van der Waals surface area (Å²) in [7, 11) is -3.74. The summed E-state index contributed by atoms with van der Waals surface area (Å²) >= 11 is 0. The van der Waals surface area contributed by atoms with Crippen molar-refractivity contribution < 1.29 is 18.0 Å². The van der Waals surface area contributed by atoms with Crippen LogP contribution in [-0.2, 0) is 26.2 Å². The van der Waals surface area contributed by atoms with E-state index in [0.29, 0.717) is 5.56 Å². The molecular formula is C16H16N2O4S. The summed E-state index contributed by atoms with van der Waals surface area (Å²) in [5.74, 6) is -0.241. The molecule has 1 saturated carbocycles. The maximum absolute atomic E-state index is 12.6. The monoisotopic (exact) mass is 332 g/mol. The average molecular weight is 332 g/mol. The lowest BCUT2D eigenvalue weighted by Crippen LogP contribution is -2.32. The second-order valence-electron chi connectivity index (χ2n) is 6.45. The number of nitrogens with zero attached hydrogens (tertiary/aromatic N) is 1. The third-order valence-corrected chi connectivity index (χ3v) is 6.08. The summed E-state index contributed by atoms with van der Waals surface area (Å²) in [5.41, 5.74) is 0.708. The van der Waals surface area contributed by atoms with Crippen LogP contribution in [0.3, 0.4) is 0 Å². The quantitative estimate of drug-likeness (QED) is 0.649. The van der Waals surface area contributed by atoms with Crippen LogP contribution in [0.5, 0.6) is 0 Å². The van der Waals surface area contributed by atoms with Gasteiger partial charge < -0.3 is 0 Å². The van der Waals surface area contributed by atoms with Crippen LogP contribution >= 0.6 is 0 Å². The van der Waals surface area contributed by atoms with Gasteiger partial charge in [-0.25, -0.2) is 13.6 Å². The first kappa shape index (κ1) is 14.6. The molecule has 120 valence electrons. The molecule has 0 spiro atoms. The first-order chi connectivity index (χ1) is 10.9. The second kappa shape index (κ2) is 4.75. The predicted molar refractivity (Wildman–Crippen MR) is 81.1 cm³/mol.